The van der Waals surface area contributed by atoms with Crippen LogP contribution in [0, 0.1) is 0 Å². The number of ether oxygens (including phenoxy) is 1. The number of hydrogen-bond acceptors (Lipinski definition) is 9. The number of pyridine rings is 2. The second-order valence-electron chi connectivity index (χ2n) is 9.88. The van der Waals surface area contributed by atoms with E-state index in [0.717, 1.165) is 30.0 Å². The molecule has 12 nitrogen and oxygen atoms in total. The standard InChI is InChI=1S/C28H32N8O4/c1-34-10-11-35(26(38)16-34)15-19-12-18-4-3-9-36(27(18)32-24(19)17-37)28(39)33-25-13-23(22(29)14-30-25)31-20-5-7-21(40-2)8-6-20/h5-8,12-14,17H,3-4,9-11,15-16,29H2,1-2H3,(H2,30,31,33,39). The zero-order chi connectivity index (χ0) is 28.2. The number of nitrogen functional groups attached to an aromatic ring is 1. The van der Waals surface area contributed by atoms with Crippen molar-refractivity contribution in [3.05, 3.63) is 59.4 Å². The minimum Gasteiger partial charge on any atom is -0.497 e. The Hall–Kier alpha value is -4.71. The Morgan fingerprint density at radius 1 is 1.18 bits per heavy atom. The smallest absolute Gasteiger partial charge is 0.328 e. The number of aryl methyl sites for hydroxylation is 1. The van der Waals surface area contributed by atoms with E-state index in [2.05, 4.69) is 20.6 Å². The summed E-state index contributed by atoms with van der Waals surface area (Å²) in [5.74, 6) is 1.49. The molecule has 1 saturated heterocycles. The molecule has 0 saturated carbocycles. The van der Waals surface area contributed by atoms with Crippen LogP contribution in [0.1, 0.15) is 28.0 Å². The molecule has 3 aromatic rings. The second-order valence-corrected chi connectivity index (χ2v) is 9.88. The van der Waals surface area contributed by atoms with Gasteiger partial charge in [0.05, 0.1) is 31.2 Å². The number of carbonyl (C=O) groups excluding carboxylic acids is 3. The summed E-state index contributed by atoms with van der Waals surface area (Å²) in [7, 11) is 3.51. The summed E-state index contributed by atoms with van der Waals surface area (Å²) in [4.78, 5) is 51.9. The quantitative estimate of drug-likeness (QED) is 0.382. The van der Waals surface area contributed by atoms with Crippen LogP contribution in [-0.4, -0.2) is 78.3 Å². The number of piperazine rings is 1. The molecule has 0 spiro atoms. The highest BCUT2D eigenvalue weighted by Crippen LogP contribution is 2.30. The van der Waals surface area contributed by atoms with Crippen LogP contribution in [0.4, 0.5) is 33.5 Å². The largest absolute Gasteiger partial charge is 0.497 e. The van der Waals surface area contributed by atoms with E-state index in [1.165, 1.54) is 11.1 Å². The molecule has 2 aromatic heterocycles. The molecular weight excluding hydrogens is 512 g/mol. The lowest BCUT2D eigenvalue weighted by Gasteiger charge is -2.33. The van der Waals surface area contributed by atoms with Gasteiger partial charge in [-0.15, -0.1) is 0 Å². The number of anilines is 5. The summed E-state index contributed by atoms with van der Waals surface area (Å²) in [5, 5.41) is 6.05. The van der Waals surface area contributed by atoms with Gasteiger partial charge >= 0.3 is 6.03 Å². The van der Waals surface area contributed by atoms with Gasteiger partial charge in [-0.3, -0.25) is 24.7 Å². The third kappa shape index (κ3) is 5.81. The Morgan fingerprint density at radius 3 is 2.70 bits per heavy atom. The molecule has 1 aromatic carbocycles. The number of urea groups is 1. The number of aldehydes is 1. The molecule has 4 heterocycles. The number of nitrogens with one attached hydrogen (secondary N) is 2. The van der Waals surface area contributed by atoms with Gasteiger partial charge in [0.2, 0.25) is 5.91 Å². The molecule has 0 unspecified atom stereocenters. The molecule has 2 aliphatic heterocycles. The van der Waals surface area contributed by atoms with Gasteiger partial charge in [-0.1, -0.05) is 0 Å². The van der Waals surface area contributed by atoms with Gasteiger partial charge in [0, 0.05) is 43.5 Å². The van der Waals surface area contributed by atoms with Crippen LogP contribution in [0.25, 0.3) is 0 Å². The summed E-state index contributed by atoms with van der Waals surface area (Å²) in [6.07, 6.45) is 3.60. The highest BCUT2D eigenvalue weighted by atomic mass is 16.5. The van der Waals surface area contributed by atoms with Crippen LogP contribution >= 0.6 is 0 Å². The van der Waals surface area contributed by atoms with E-state index in [-0.39, 0.29) is 11.6 Å². The van der Waals surface area contributed by atoms with Crippen molar-refractivity contribution in [1.82, 2.24) is 19.8 Å². The van der Waals surface area contributed by atoms with E-state index in [1.807, 2.05) is 42.3 Å². The van der Waals surface area contributed by atoms with Crippen molar-refractivity contribution in [2.45, 2.75) is 19.4 Å². The average molecular weight is 545 g/mol. The maximum absolute atomic E-state index is 13.4. The van der Waals surface area contributed by atoms with Crippen molar-refractivity contribution in [3.63, 3.8) is 0 Å². The average Bonchev–Trinajstić information content (AvgIpc) is 2.96. The predicted molar refractivity (Wildman–Crippen MR) is 152 cm³/mol. The number of hydrogen-bond donors (Lipinski definition) is 3. The lowest BCUT2D eigenvalue weighted by Crippen LogP contribution is -2.48. The van der Waals surface area contributed by atoms with Crippen LogP contribution in [0.2, 0.25) is 0 Å². The first kappa shape index (κ1) is 26.9. The zero-order valence-electron chi connectivity index (χ0n) is 22.5. The number of nitrogens with zero attached hydrogens (tertiary/aromatic N) is 5. The molecule has 2 aliphatic rings. The molecule has 4 N–H and O–H groups in total. The number of likely N-dealkylation sites (N-methyl/N-ethyl adjacent to an activating group) is 1. The molecule has 0 aliphatic carbocycles. The fourth-order valence-electron chi connectivity index (χ4n) is 4.83. The molecule has 5 rings (SSSR count). The third-order valence-corrected chi connectivity index (χ3v) is 7.04. The number of carbonyl (C=O) groups is 3. The summed E-state index contributed by atoms with van der Waals surface area (Å²) >= 11 is 0. The normalized spacial score (nSPS) is 15.4. The van der Waals surface area contributed by atoms with Crippen molar-refractivity contribution in [1.29, 1.82) is 0 Å². The minimum absolute atomic E-state index is 0.0150. The van der Waals surface area contributed by atoms with Crippen molar-refractivity contribution in [3.8, 4) is 5.75 Å². The number of nitrogens with two attached hydrogens (primary N) is 1. The SMILES string of the molecule is COc1ccc(Nc2cc(NC(=O)N3CCCc4cc(CN5CCN(C)CC5=O)c(C=O)nc43)ncc2N)cc1. The van der Waals surface area contributed by atoms with Gasteiger partial charge in [-0.05, 0) is 55.8 Å². The fourth-order valence-corrected chi connectivity index (χ4v) is 4.83. The number of rotatable bonds is 7. The van der Waals surface area contributed by atoms with Gasteiger partial charge in [0.15, 0.2) is 6.29 Å². The van der Waals surface area contributed by atoms with E-state index in [4.69, 9.17) is 10.5 Å². The summed E-state index contributed by atoms with van der Waals surface area (Å²) < 4.78 is 5.20. The Morgan fingerprint density at radius 2 is 1.98 bits per heavy atom. The Kier molecular flexibility index (Phi) is 7.78. The molecular formula is C28H32N8O4. The zero-order valence-corrected chi connectivity index (χ0v) is 22.5. The molecule has 3 amide bonds. The van der Waals surface area contributed by atoms with E-state index in [9.17, 15) is 14.4 Å². The minimum atomic E-state index is -0.417. The number of amides is 3. The van der Waals surface area contributed by atoms with Crippen LogP contribution in [0.5, 0.6) is 5.75 Å². The van der Waals surface area contributed by atoms with Crippen molar-refractivity contribution in [2.24, 2.45) is 0 Å². The Labute approximate surface area is 232 Å². The Bertz CT molecular complexity index is 1430. The monoisotopic (exact) mass is 544 g/mol. The first-order valence-electron chi connectivity index (χ1n) is 13.0. The molecule has 0 bridgehead atoms. The maximum atomic E-state index is 13.4. The number of methoxy groups -OCH3 is 1. The van der Waals surface area contributed by atoms with Crippen molar-refractivity contribution < 1.29 is 19.1 Å². The summed E-state index contributed by atoms with van der Waals surface area (Å²) in [5.41, 5.74) is 9.67. The molecule has 12 heteroatoms. The number of aromatic nitrogens is 2. The first-order chi connectivity index (χ1) is 19.3. The molecule has 1 fully saturated rings. The highest BCUT2D eigenvalue weighted by Gasteiger charge is 2.28. The number of fused-ring (bicyclic) bond motifs is 1. The second kappa shape index (κ2) is 11.6. The van der Waals surface area contributed by atoms with E-state index in [0.29, 0.717) is 67.5 Å². The fraction of sp³-hybridized carbons (Fsp3) is 0.321. The summed E-state index contributed by atoms with van der Waals surface area (Å²) in [6, 6.07) is 10.5. The van der Waals surface area contributed by atoms with Crippen LogP contribution in [0.15, 0.2) is 42.6 Å². The van der Waals surface area contributed by atoms with Crippen LogP contribution in [-0.2, 0) is 17.8 Å². The van der Waals surface area contributed by atoms with Gasteiger partial charge < -0.3 is 20.7 Å². The van der Waals surface area contributed by atoms with E-state index >= 15 is 0 Å². The first-order valence-corrected chi connectivity index (χ1v) is 13.0. The van der Waals surface area contributed by atoms with Gasteiger partial charge in [0.25, 0.3) is 0 Å². The van der Waals surface area contributed by atoms with Crippen molar-refractivity contribution in [2.75, 3.05) is 61.6 Å². The summed E-state index contributed by atoms with van der Waals surface area (Å²) in [6.45, 7) is 2.45. The van der Waals surface area contributed by atoms with Gasteiger partial charge in [-0.2, -0.15) is 0 Å². The third-order valence-electron chi connectivity index (χ3n) is 7.04. The molecule has 0 atom stereocenters. The molecule has 0 radical (unpaired) electrons. The lowest BCUT2D eigenvalue weighted by atomic mass is 10.0. The van der Waals surface area contributed by atoms with E-state index in [1.54, 1.807) is 18.1 Å². The molecule has 40 heavy (non-hydrogen) atoms. The van der Waals surface area contributed by atoms with Crippen LogP contribution in [0.3, 0.4) is 0 Å². The van der Waals surface area contributed by atoms with Crippen molar-refractivity contribution >= 4 is 46.9 Å². The maximum Gasteiger partial charge on any atom is 0.328 e. The highest BCUT2D eigenvalue weighted by molar-refractivity contribution is 6.02. The lowest BCUT2D eigenvalue weighted by molar-refractivity contribution is -0.136. The number of benzene rings is 1. The topological polar surface area (TPSA) is 146 Å². The Balaban J connectivity index is 1.33. The van der Waals surface area contributed by atoms with Gasteiger partial charge in [0.1, 0.15) is 23.1 Å². The van der Waals surface area contributed by atoms with E-state index < -0.39 is 6.03 Å². The predicted octanol–water partition coefficient (Wildman–Crippen LogP) is 2.88. The molecule has 208 valence electrons. The van der Waals surface area contributed by atoms with Gasteiger partial charge in [-0.25, -0.2) is 14.8 Å². The van der Waals surface area contributed by atoms with Crippen LogP contribution < -0.4 is 26.0 Å².